The highest BCUT2D eigenvalue weighted by atomic mass is 32.2. The highest BCUT2D eigenvalue weighted by Gasteiger charge is 2.40. The maximum Gasteiger partial charge on any atom is 0.419 e. The van der Waals surface area contributed by atoms with Gasteiger partial charge >= 0.3 is 18.2 Å². The van der Waals surface area contributed by atoms with Crippen molar-refractivity contribution in [1.29, 1.82) is 0 Å². The maximum atomic E-state index is 15.4. The molecule has 0 saturated carbocycles. The summed E-state index contributed by atoms with van der Waals surface area (Å²) in [5.41, 5.74) is 7.10. The molecule has 0 spiro atoms. The Morgan fingerprint density at radius 3 is 1.74 bits per heavy atom. The van der Waals surface area contributed by atoms with Gasteiger partial charge in [-0.05, 0) is 77.3 Å². The Morgan fingerprint density at radius 2 is 1.19 bits per heavy atom. The number of hydrogen-bond acceptors (Lipinski definition) is 10. The summed E-state index contributed by atoms with van der Waals surface area (Å²) in [4.78, 5) is 71.4. The largest absolute Gasteiger partial charge is 0.461 e. The molecule has 0 saturated heterocycles. The van der Waals surface area contributed by atoms with E-state index in [9.17, 15) is 19.5 Å². The molecular formula is C63H66N4O9S. The minimum absolute atomic E-state index is 0.0333. The summed E-state index contributed by atoms with van der Waals surface area (Å²) in [5.74, 6) is -2.74. The standard InChI is InChI=1S/C63H66N4O9S/c1-7-35-74-56(69)37-55(68)57(41(2)3)66-59(71)53(40-77-63(43-23-11-8-12-24-43,44-25-13-9-14-26-44)45-27-15-10-16-28-45)64-58(70)52(36-42-38-67(61(73)76-62(4,5)6)54-34-22-21-29-46(42)54)65-60(72)75-39-51-49-32-19-17-30-47(49)48-31-18-20-33-50(48)51/h7-34,38,41,51-53,55,57,68H,1,35-37,39-40H2,2-6H3,(H,64,70)(H,65,72)(H,66,71)/t52-,53-,55-,57-/m1/s1. The SMILES string of the molecule is C=CCOC(=O)C[C@@H](O)[C@H](NC(=O)[C@@H](CSC(c1ccccc1)(c1ccccc1)c1ccccc1)NC(=O)[C@@H](Cc1cn(C(=O)OC(C)(C)C)c2ccccc12)NC(=O)OCC1c2ccccc2-c2ccccc21)C(C)C. The van der Waals surface area contributed by atoms with Crippen molar-refractivity contribution in [3.63, 3.8) is 0 Å². The van der Waals surface area contributed by atoms with Crippen LogP contribution >= 0.6 is 11.8 Å². The molecule has 4 atom stereocenters. The summed E-state index contributed by atoms with van der Waals surface area (Å²) in [6.07, 6.45) is -0.397. The number of benzene rings is 6. The van der Waals surface area contributed by atoms with E-state index in [1.54, 1.807) is 52.9 Å². The lowest BCUT2D eigenvalue weighted by molar-refractivity contribution is -0.145. The molecule has 0 bridgehead atoms. The Hall–Kier alpha value is -7.94. The average Bonchev–Trinajstić information content (AvgIpc) is 3.99. The third-order valence-corrected chi connectivity index (χ3v) is 15.2. The first-order chi connectivity index (χ1) is 37.1. The van der Waals surface area contributed by atoms with Gasteiger partial charge in [0.15, 0.2) is 0 Å². The van der Waals surface area contributed by atoms with E-state index in [-0.39, 0.29) is 37.2 Å². The molecule has 1 aliphatic carbocycles. The van der Waals surface area contributed by atoms with Crippen LogP contribution in [0.1, 0.15) is 80.3 Å². The number of carbonyl (C=O) groups is 5. The van der Waals surface area contributed by atoms with Gasteiger partial charge in [-0.2, -0.15) is 0 Å². The smallest absolute Gasteiger partial charge is 0.419 e. The van der Waals surface area contributed by atoms with Crippen LogP contribution in [0.4, 0.5) is 9.59 Å². The Morgan fingerprint density at radius 1 is 0.675 bits per heavy atom. The minimum atomic E-state index is -1.38. The van der Waals surface area contributed by atoms with Gasteiger partial charge in [-0.1, -0.05) is 184 Å². The lowest BCUT2D eigenvalue weighted by atomic mass is 9.84. The molecular weight excluding hydrogens is 989 g/mol. The van der Waals surface area contributed by atoms with Crippen molar-refractivity contribution in [3.05, 3.63) is 216 Å². The average molecular weight is 1060 g/mol. The Labute approximate surface area is 454 Å². The van der Waals surface area contributed by atoms with E-state index in [2.05, 4.69) is 22.5 Å². The molecule has 6 aromatic carbocycles. The number of rotatable bonds is 21. The second-order valence-electron chi connectivity index (χ2n) is 20.4. The lowest BCUT2D eigenvalue weighted by Crippen LogP contribution is -2.58. The van der Waals surface area contributed by atoms with Crippen molar-refractivity contribution in [2.24, 2.45) is 5.92 Å². The quantitative estimate of drug-likeness (QED) is 0.0235. The number of alkyl carbamates (subject to hydrolysis) is 1. The van der Waals surface area contributed by atoms with Crippen molar-refractivity contribution < 1.29 is 43.3 Å². The molecule has 7 aromatic rings. The van der Waals surface area contributed by atoms with Gasteiger partial charge in [0.1, 0.15) is 30.9 Å². The lowest BCUT2D eigenvalue weighted by Gasteiger charge is -2.37. The van der Waals surface area contributed by atoms with E-state index in [0.717, 1.165) is 38.9 Å². The number of aromatic nitrogens is 1. The highest BCUT2D eigenvalue weighted by Crippen LogP contribution is 2.49. The van der Waals surface area contributed by atoms with E-state index < -0.39 is 71.0 Å². The Bertz CT molecular complexity index is 3050. The van der Waals surface area contributed by atoms with E-state index in [4.69, 9.17) is 14.2 Å². The zero-order valence-corrected chi connectivity index (χ0v) is 44.8. The van der Waals surface area contributed by atoms with E-state index in [0.29, 0.717) is 16.5 Å². The van der Waals surface area contributed by atoms with Crippen LogP contribution in [0.3, 0.4) is 0 Å². The third kappa shape index (κ3) is 13.0. The van der Waals surface area contributed by atoms with Crippen LogP contribution in [0.25, 0.3) is 22.0 Å². The Kier molecular flexibility index (Phi) is 17.8. The van der Waals surface area contributed by atoms with E-state index in [1.807, 2.05) is 152 Å². The summed E-state index contributed by atoms with van der Waals surface area (Å²) in [7, 11) is 0. The highest BCUT2D eigenvalue weighted by molar-refractivity contribution is 8.00. The van der Waals surface area contributed by atoms with E-state index in [1.165, 1.54) is 22.4 Å². The predicted molar refractivity (Wildman–Crippen MR) is 301 cm³/mol. The van der Waals surface area contributed by atoms with Gasteiger partial charge in [-0.25, -0.2) is 9.59 Å². The van der Waals surface area contributed by atoms with Crippen LogP contribution < -0.4 is 16.0 Å². The second kappa shape index (κ2) is 24.8. The molecule has 1 aromatic heterocycles. The van der Waals surface area contributed by atoms with Gasteiger partial charge < -0.3 is 35.3 Å². The van der Waals surface area contributed by atoms with Gasteiger partial charge in [0.2, 0.25) is 11.8 Å². The molecule has 1 aliphatic rings. The molecule has 13 nitrogen and oxygen atoms in total. The zero-order chi connectivity index (χ0) is 54.7. The number of amides is 3. The van der Waals surface area contributed by atoms with Gasteiger partial charge in [-0.3, -0.25) is 19.0 Å². The molecule has 3 amide bonds. The molecule has 0 unspecified atom stereocenters. The van der Waals surface area contributed by atoms with E-state index >= 15 is 9.59 Å². The number of carbonyl (C=O) groups excluding carboxylic acids is 5. The first-order valence-electron chi connectivity index (χ1n) is 25.9. The molecule has 0 radical (unpaired) electrons. The van der Waals surface area contributed by atoms with Crippen molar-refractivity contribution in [2.45, 2.75) is 88.0 Å². The van der Waals surface area contributed by atoms with Gasteiger partial charge in [0.05, 0.1) is 28.8 Å². The summed E-state index contributed by atoms with van der Waals surface area (Å²) < 4.78 is 17.5. The topological polar surface area (TPSA) is 174 Å². The number of aliphatic hydroxyl groups is 1. The molecule has 4 N–H and O–H groups in total. The molecule has 0 aliphatic heterocycles. The second-order valence-corrected chi connectivity index (χ2v) is 21.7. The number of aliphatic hydroxyl groups excluding tert-OH is 1. The van der Waals surface area contributed by atoms with Crippen LogP contribution in [0, 0.1) is 5.92 Å². The normalized spacial score (nSPS) is 13.8. The van der Waals surface area contributed by atoms with Crippen molar-refractivity contribution in [1.82, 2.24) is 20.5 Å². The van der Waals surface area contributed by atoms with Crippen molar-refractivity contribution in [3.8, 4) is 11.1 Å². The first-order valence-corrected chi connectivity index (χ1v) is 26.9. The molecule has 398 valence electrons. The predicted octanol–water partition coefficient (Wildman–Crippen LogP) is 10.7. The fourth-order valence-corrected chi connectivity index (χ4v) is 11.6. The maximum absolute atomic E-state index is 15.4. The summed E-state index contributed by atoms with van der Waals surface area (Å²) in [6, 6.07) is 49.2. The van der Waals surface area contributed by atoms with Crippen LogP contribution in [-0.2, 0) is 39.8 Å². The summed E-state index contributed by atoms with van der Waals surface area (Å²) in [6.45, 7) is 12.4. The van der Waals surface area contributed by atoms with Gasteiger partial charge in [-0.15, -0.1) is 11.8 Å². The number of esters is 1. The third-order valence-electron chi connectivity index (χ3n) is 13.6. The number of hydrogen-bond donors (Lipinski definition) is 4. The van der Waals surface area contributed by atoms with Crippen LogP contribution in [0.5, 0.6) is 0 Å². The summed E-state index contributed by atoms with van der Waals surface area (Å²) >= 11 is 1.44. The molecule has 8 rings (SSSR count). The van der Waals surface area contributed by atoms with Crippen molar-refractivity contribution in [2.75, 3.05) is 19.0 Å². The first kappa shape index (κ1) is 55.3. The number of nitrogens with zero attached hydrogens (tertiary/aromatic N) is 1. The van der Waals surface area contributed by atoms with Crippen molar-refractivity contribution >= 4 is 52.6 Å². The van der Waals surface area contributed by atoms with Gasteiger partial charge in [0.25, 0.3) is 0 Å². The van der Waals surface area contributed by atoms with Crippen LogP contribution in [-0.4, -0.2) is 88.4 Å². The fraction of sp³-hybridized carbons (Fsp3) is 0.286. The molecule has 0 fully saturated rings. The molecule has 14 heteroatoms. The molecule has 77 heavy (non-hydrogen) atoms. The van der Waals surface area contributed by atoms with Crippen LogP contribution in [0.2, 0.25) is 0 Å². The molecule has 1 heterocycles. The number of thioether (sulfide) groups is 1. The van der Waals surface area contributed by atoms with Gasteiger partial charge in [0, 0.05) is 29.7 Å². The monoisotopic (exact) mass is 1050 g/mol. The number of nitrogens with one attached hydrogen (secondary N) is 3. The zero-order valence-electron chi connectivity index (χ0n) is 44.0. The number of ether oxygens (including phenoxy) is 3. The summed E-state index contributed by atoms with van der Waals surface area (Å²) in [5, 5.41) is 21.0. The van der Waals surface area contributed by atoms with Crippen LogP contribution in [0.15, 0.2) is 183 Å². The fourth-order valence-electron chi connectivity index (χ4n) is 10.00. The Balaban J connectivity index is 1.17. The number of para-hydroxylation sites is 1. The minimum Gasteiger partial charge on any atom is -0.461 e. The number of fused-ring (bicyclic) bond motifs is 4.